The number of hydrogen-bond donors (Lipinski definition) is 2. The van der Waals surface area contributed by atoms with Crippen molar-refractivity contribution in [3.05, 3.63) is 57.3 Å². The van der Waals surface area contributed by atoms with Crippen LogP contribution in [0.3, 0.4) is 0 Å². The minimum absolute atomic E-state index is 0.121. The van der Waals surface area contributed by atoms with Gasteiger partial charge in [-0.2, -0.15) is 0 Å². The van der Waals surface area contributed by atoms with Crippen LogP contribution in [0, 0.1) is 0 Å². The summed E-state index contributed by atoms with van der Waals surface area (Å²) in [5, 5.41) is 3.31. The molecule has 0 saturated heterocycles. The van der Waals surface area contributed by atoms with Crippen LogP contribution in [0.25, 0.3) is 11.3 Å². The molecule has 4 nitrogen and oxygen atoms in total. The van der Waals surface area contributed by atoms with Crippen molar-refractivity contribution in [1.82, 2.24) is 10.3 Å². The number of aromatic nitrogens is 1. The third kappa shape index (κ3) is 3.27. The second kappa shape index (κ2) is 6.39. The second-order valence-corrected chi connectivity index (χ2v) is 4.81. The van der Waals surface area contributed by atoms with Crippen molar-refractivity contribution in [3.8, 4) is 11.3 Å². The summed E-state index contributed by atoms with van der Waals surface area (Å²) in [6.07, 6.45) is 0.826. The number of nitrogens with one attached hydrogen (secondary N) is 2. The quantitative estimate of drug-likeness (QED) is 0.909. The van der Waals surface area contributed by atoms with Gasteiger partial charge in [-0.1, -0.05) is 30.7 Å². The Kier molecular flexibility index (Phi) is 4.58. The van der Waals surface area contributed by atoms with Crippen molar-refractivity contribution in [3.63, 3.8) is 0 Å². The van der Waals surface area contributed by atoms with E-state index in [1.807, 2.05) is 19.1 Å². The summed E-state index contributed by atoms with van der Waals surface area (Å²) in [6, 6.07) is 10.4. The minimum Gasteiger partial charge on any atom is -0.352 e. The number of carbonyl (C=O) groups is 1. The zero-order chi connectivity index (χ0) is 14.5. The standard InChI is InChI=1S/C15H15ClN2O2/c1-2-9-17-14(19)12-7-8-13(18-15(12)20)10-3-5-11(16)6-4-10/h3-8H,2,9H2,1H3,(H,17,19)(H,18,20). The molecule has 1 aromatic heterocycles. The third-order valence-corrected chi connectivity index (χ3v) is 3.10. The van der Waals surface area contributed by atoms with Gasteiger partial charge in [-0.3, -0.25) is 9.59 Å². The number of pyridine rings is 1. The molecule has 0 spiro atoms. The Morgan fingerprint density at radius 1 is 1.20 bits per heavy atom. The van der Waals surface area contributed by atoms with E-state index in [1.165, 1.54) is 6.07 Å². The average Bonchev–Trinajstić information content (AvgIpc) is 2.45. The topological polar surface area (TPSA) is 62.0 Å². The monoisotopic (exact) mass is 290 g/mol. The molecule has 0 unspecified atom stereocenters. The molecule has 0 saturated carbocycles. The van der Waals surface area contributed by atoms with E-state index in [1.54, 1.807) is 18.2 Å². The molecule has 0 fully saturated rings. The molecule has 0 aliphatic heterocycles. The lowest BCUT2D eigenvalue weighted by Crippen LogP contribution is -2.30. The molecular weight excluding hydrogens is 276 g/mol. The predicted molar refractivity (Wildman–Crippen MR) is 80.1 cm³/mol. The molecule has 104 valence electrons. The summed E-state index contributed by atoms with van der Waals surface area (Å²) in [5.41, 5.74) is 1.22. The van der Waals surface area contributed by atoms with Crippen LogP contribution in [-0.2, 0) is 0 Å². The van der Waals surface area contributed by atoms with Crippen molar-refractivity contribution in [2.75, 3.05) is 6.54 Å². The minimum atomic E-state index is -0.397. The molecule has 2 N–H and O–H groups in total. The van der Waals surface area contributed by atoms with Crippen LogP contribution in [0.5, 0.6) is 0 Å². The van der Waals surface area contributed by atoms with Crippen LogP contribution in [0.1, 0.15) is 23.7 Å². The first kappa shape index (κ1) is 14.3. The summed E-state index contributed by atoms with van der Waals surface area (Å²) in [5.74, 6) is -0.351. The molecule has 0 aliphatic carbocycles. The summed E-state index contributed by atoms with van der Waals surface area (Å²) in [6.45, 7) is 2.51. The van der Waals surface area contributed by atoms with Gasteiger partial charge in [0.25, 0.3) is 11.5 Å². The fourth-order valence-corrected chi connectivity index (χ4v) is 1.91. The highest BCUT2D eigenvalue weighted by atomic mass is 35.5. The molecule has 0 bridgehead atoms. The molecule has 1 heterocycles. The Bertz CT molecular complexity index is 662. The van der Waals surface area contributed by atoms with E-state index in [-0.39, 0.29) is 11.5 Å². The Labute approximate surface area is 121 Å². The van der Waals surface area contributed by atoms with Crippen molar-refractivity contribution in [2.45, 2.75) is 13.3 Å². The smallest absolute Gasteiger partial charge is 0.261 e. The van der Waals surface area contributed by atoms with Gasteiger partial charge in [-0.25, -0.2) is 0 Å². The molecule has 5 heteroatoms. The van der Waals surface area contributed by atoms with Gasteiger partial charge in [-0.05, 0) is 36.2 Å². The van der Waals surface area contributed by atoms with Crippen LogP contribution < -0.4 is 10.9 Å². The largest absolute Gasteiger partial charge is 0.352 e. The van der Waals surface area contributed by atoms with E-state index in [9.17, 15) is 9.59 Å². The van der Waals surface area contributed by atoms with Crippen LogP contribution in [-0.4, -0.2) is 17.4 Å². The van der Waals surface area contributed by atoms with Crippen molar-refractivity contribution in [1.29, 1.82) is 0 Å². The Morgan fingerprint density at radius 2 is 1.90 bits per heavy atom. The third-order valence-electron chi connectivity index (χ3n) is 2.84. The molecule has 0 atom stereocenters. The van der Waals surface area contributed by atoms with Gasteiger partial charge >= 0.3 is 0 Å². The maximum atomic E-state index is 11.9. The van der Waals surface area contributed by atoms with E-state index >= 15 is 0 Å². The fraction of sp³-hybridized carbons (Fsp3) is 0.200. The van der Waals surface area contributed by atoms with Gasteiger partial charge < -0.3 is 10.3 Å². The van der Waals surface area contributed by atoms with Crippen LogP contribution >= 0.6 is 11.6 Å². The molecule has 2 rings (SSSR count). The highest BCUT2D eigenvalue weighted by molar-refractivity contribution is 6.30. The fourth-order valence-electron chi connectivity index (χ4n) is 1.78. The van der Waals surface area contributed by atoms with Gasteiger partial charge in [0.1, 0.15) is 5.56 Å². The Hall–Kier alpha value is -2.07. The van der Waals surface area contributed by atoms with E-state index in [4.69, 9.17) is 11.6 Å². The summed E-state index contributed by atoms with van der Waals surface area (Å²) in [4.78, 5) is 26.4. The van der Waals surface area contributed by atoms with Gasteiger partial charge in [0.15, 0.2) is 0 Å². The predicted octanol–water partition coefficient (Wildman–Crippen LogP) is 2.84. The molecule has 1 amide bonds. The SMILES string of the molecule is CCCNC(=O)c1ccc(-c2ccc(Cl)cc2)[nH]c1=O. The molecule has 20 heavy (non-hydrogen) atoms. The number of carbonyl (C=O) groups excluding carboxylic acids is 1. The lowest BCUT2D eigenvalue weighted by atomic mass is 10.1. The highest BCUT2D eigenvalue weighted by Gasteiger charge is 2.10. The summed E-state index contributed by atoms with van der Waals surface area (Å²) in [7, 11) is 0. The lowest BCUT2D eigenvalue weighted by Gasteiger charge is -2.05. The number of halogens is 1. The average molecular weight is 291 g/mol. The number of benzene rings is 1. The van der Waals surface area contributed by atoms with Crippen molar-refractivity contribution < 1.29 is 4.79 Å². The normalized spacial score (nSPS) is 10.3. The van der Waals surface area contributed by atoms with Gasteiger partial charge in [0.05, 0.1) is 0 Å². The molecule has 0 aliphatic rings. The van der Waals surface area contributed by atoms with E-state index < -0.39 is 5.56 Å². The van der Waals surface area contributed by atoms with E-state index in [0.29, 0.717) is 17.3 Å². The van der Waals surface area contributed by atoms with Gasteiger partial charge in [0.2, 0.25) is 0 Å². The van der Waals surface area contributed by atoms with Crippen molar-refractivity contribution >= 4 is 17.5 Å². The molecular formula is C15H15ClN2O2. The number of H-pyrrole nitrogens is 1. The number of amides is 1. The summed E-state index contributed by atoms with van der Waals surface area (Å²) >= 11 is 5.82. The zero-order valence-corrected chi connectivity index (χ0v) is 11.8. The van der Waals surface area contributed by atoms with Gasteiger partial charge in [-0.15, -0.1) is 0 Å². The van der Waals surface area contributed by atoms with Gasteiger partial charge in [0, 0.05) is 17.3 Å². The first-order valence-corrected chi connectivity index (χ1v) is 6.77. The number of aromatic amines is 1. The maximum absolute atomic E-state index is 11.9. The highest BCUT2D eigenvalue weighted by Crippen LogP contribution is 2.18. The van der Waals surface area contributed by atoms with Crippen molar-refractivity contribution in [2.24, 2.45) is 0 Å². The first-order chi connectivity index (χ1) is 9.61. The molecule has 1 aromatic carbocycles. The van der Waals surface area contributed by atoms with Crippen LogP contribution in [0.15, 0.2) is 41.2 Å². The summed E-state index contributed by atoms with van der Waals surface area (Å²) < 4.78 is 0. The van der Waals surface area contributed by atoms with E-state index in [0.717, 1.165) is 12.0 Å². The Balaban J connectivity index is 2.28. The van der Waals surface area contributed by atoms with Crippen LogP contribution in [0.2, 0.25) is 5.02 Å². The first-order valence-electron chi connectivity index (χ1n) is 6.39. The number of rotatable bonds is 4. The van der Waals surface area contributed by atoms with Crippen LogP contribution in [0.4, 0.5) is 0 Å². The zero-order valence-electron chi connectivity index (χ0n) is 11.1. The second-order valence-electron chi connectivity index (χ2n) is 4.38. The van der Waals surface area contributed by atoms with E-state index in [2.05, 4.69) is 10.3 Å². The lowest BCUT2D eigenvalue weighted by molar-refractivity contribution is 0.0952. The Morgan fingerprint density at radius 3 is 2.50 bits per heavy atom. The maximum Gasteiger partial charge on any atom is 0.261 e. The number of hydrogen-bond acceptors (Lipinski definition) is 2. The molecule has 0 radical (unpaired) electrons. The molecule has 2 aromatic rings.